The van der Waals surface area contributed by atoms with Gasteiger partial charge in [-0.25, -0.2) is 4.79 Å². The van der Waals surface area contributed by atoms with Crippen molar-refractivity contribution in [1.29, 1.82) is 0 Å². The fourth-order valence-electron chi connectivity index (χ4n) is 4.90. The third kappa shape index (κ3) is 7.16. The molecule has 0 bridgehead atoms. The van der Waals surface area contributed by atoms with Gasteiger partial charge in [0.2, 0.25) is 5.79 Å². The molecule has 15 unspecified atom stereocenters. The molecule has 18 heteroatoms. The average molecular weight is 802 g/mol. The van der Waals surface area contributed by atoms with E-state index in [-0.39, 0.29) is 44.1 Å². The molecule has 1 radical (unpaired) electrons. The zero-order valence-corrected chi connectivity index (χ0v) is 26.5. The average Bonchev–Trinajstić information content (AvgIpc) is 2.89. The molecule has 0 amide bonds. The third-order valence-electron chi connectivity index (χ3n) is 7.43. The number of carbonyl (C=O) groups is 1. The number of ether oxygens (including phenoxy) is 5. The van der Waals surface area contributed by atoms with E-state index in [0.717, 1.165) is 0 Å². The van der Waals surface area contributed by atoms with Crippen LogP contribution in [-0.4, -0.2) is 167 Å². The van der Waals surface area contributed by atoms with Crippen LogP contribution in [0.3, 0.4) is 0 Å². The van der Waals surface area contributed by atoms with Crippen molar-refractivity contribution in [1.82, 2.24) is 0 Å². The van der Waals surface area contributed by atoms with Gasteiger partial charge in [0.15, 0.2) is 6.29 Å². The Morgan fingerprint density at radius 2 is 1.68 bits per heavy atom. The minimum atomic E-state index is -3.00. The topological polar surface area (TPSA) is 286 Å². The van der Waals surface area contributed by atoms with Gasteiger partial charge in [0.05, 0.1) is 31.5 Å². The Morgan fingerprint density at radius 1 is 1.05 bits per heavy atom. The van der Waals surface area contributed by atoms with Crippen molar-refractivity contribution in [3.63, 3.8) is 0 Å². The number of aliphatic hydroxyl groups excluding tert-OH is 9. The molecule has 3 fully saturated rings. The Morgan fingerprint density at radius 3 is 2.23 bits per heavy atom. The summed E-state index contributed by atoms with van der Waals surface area (Å²) < 4.78 is 26.8. The molecule has 11 N–H and O–H groups in total. The van der Waals surface area contributed by atoms with Gasteiger partial charge in [-0.15, -0.1) is 0 Å². The molecule has 15 atom stereocenters. The Kier molecular flexibility index (Phi) is 13.1. The second-order valence-electron chi connectivity index (χ2n) is 10.2. The van der Waals surface area contributed by atoms with Crippen LogP contribution in [0.15, 0.2) is 0 Å². The molecule has 0 aliphatic carbocycles. The molecule has 3 saturated heterocycles. The Bertz CT molecular complexity index is 837. The van der Waals surface area contributed by atoms with Crippen LogP contribution in [0.25, 0.3) is 0 Å². The van der Waals surface area contributed by atoms with Crippen molar-refractivity contribution in [3.05, 3.63) is 0 Å². The number of rotatable bonds is 9. The van der Waals surface area contributed by atoms with Gasteiger partial charge in [-0.3, -0.25) is 0 Å². The summed E-state index contributed by atoms with van der Waals surface area (Å²) >= 11 is 0. The first-order chi connectivity index (χ1) is 18.1. The van der Waals surface area contributed by atoms with Crippen LogP contribution in [0.4, 0.5) is 0 Å². The SMILES string of the molecule is CC1OC(CO)C(OC2OCC(O)(OC3(C(=O)O)CC(O)C(C)C(C(O)C(O)CO)O3)C(O)C2O)C(O)C1O.[Ac]. The first-order valence-corrected chi connectivity index (χ1v) is 12.4. The van der Waals surface area contributed by atoms with Crippen LogP contribution in [0.5, 0.6) is 0 Å². The first-order valence-electron chi connectivity index (χ1n) is 12.4. The van der Waals surface area contributed by atoms with Crippen molar-refractivity contribution >= 4 is 5.97 Å². The van der Waals surface area contributed by atoms with Crippen LogP contribution >= 0.6 is 0 Å². The Balaban J connectivity index is 0.00000560. The minimum absolute atomic E-state index is 0. The maximum Gasteiger partial charge on any atom is 0.364 e. The van der Waals surface area contributed by atoms with Crippen molar-refractivity contribution in [3.8, 4) is 0 Å². The van der Waals surface area contributed by atoms with E-state index in [2.05, 4.69) is 0 Å². The van der Waals surface area contributed by atoms with Crippen molar-refractivity contribution < 1.29 is 129 Å². The van der Waals surface area contributed by atoms with Gasteiger partial charge in [0.25, 0.3) is 5.79 Å². The van der Waals surface area contributed by atoms with E-state index in [0.29, 0.717) is 0 Å². The number of carboxylic acid groups (broad SMARTS) is 1. The fourth-order valence-corrected chi connectivity index (χ4v) is 4.90. The molecular formula is C22H38AcO17. The van der Waals surface area contributed by atoms with Crippen LogP contribution < -0.4 is 0 Å². The molecule has 0 saturated carbocycles. The van der Waals surface area contributed by atoms with Gasteiger partial charge < -0.3 is 79.9 Å². The second kappa shape index (κ2) is 14.4. The van der Waals surface area contributed by atoms with E-state index in [1.54, 1.807) is 0 Å². The van der Waals surface area contributed by atoms with Gasteiger partial charge in [0.1, 0.15) is 55.4 Å². The van der Waals surface area contributed by atoms with E-state index in [4.69, 9.17) is 28.8 Å². The van der Waals surface area contributed by atoms with Gasteiger partial charge in [0, 0.05) is 56.4 Å². The number of hydrogen-bond acceptors (Lipinski definition) is 16. The molecule has 40 heavy (non-hydrogen) atoms. The number of aliphatic carboxylic acids is 1. The summed E-state index contributed by atoms with van der Waals surface area (Å²) in [5, 5.41) is 112. The largest absolute Gasteiger partial charge is 0.477 e. The summed E-state index contributed by atoms with van der Waals surface area (Å²) in [5.41, 5.74) is 0. The molecule has 231 valence electrons. The van der Waals surface area contributed by atoms with Gasteiger partial charge in [-0.2, -0.15) is 0 Å². The molecule has 0 aromatic heterocycles. The van der Waals surface area contributed by atoms with E-state index in [1.165, 1.54) is 13.8 Å². The zero-order chi connectivity index (χ0) is 29.4. The standard InChI is InChI=1S/C22H38O17.Ac/c1-7-9(25)3-22(20(32)33,38-16(7)13(28)10(26)4-23)39-21(34)6-35-19(15(30)18(21)31)37-17-11(5-24)36-8(2)12(27)14(17)29;/h7-19,23-31,34H,3-6H2,1-2H3,(H,32,33);. The Hall–Kier alpha value is 0.312. The maximum atomic E-state index is 12.3. The van der Waals surface area contributed by atoms with Crippen molar-refractivity contribution in [2.75, 3.05) is 19.8 Å². The predicted octanol–water partition coefficient (Wildman–Crippen LogP) is -6.06. The summed E-state index contributed by atoms with van der Waals surface area (Å²) in [7, 11) is 0. The molecule has 3 rings (SSSR count). The Labute approximate surface area is 264 Å². The zero-order valence-electron chi connectivity index (χ0n) is 21.8. The predicted molar refractivity (Wildman–Crippen MR) is 120 cm³/mol. The molecule has 3 aliphatic rings. The summed E-state index contributed by atoms with van der Waals surface area (Å²) in [6.45, 7) is 0.168. The molecule has 3 heterocycles. The van der Waals surface area contributed by atoms with E-state index in [9.17, 15) is 55.9 Å². The number of carboxylic acids is 1. The van der Waals surface area contributed by atoms with Crippen LogP contribution in [0, 0.1) is 50.0 Å². The molecular weight excluding hydrogens is 763 g/mol. The molecule has 0 aromatic rings. The quantitative estimate of drug-likeness (QED) is 0.0968. The van der Waals surface area contributed by atoms with Gasteiger partial charge >= 0.3 is 5.97 Å². The molecule has 17 nitrogen and oxygen atoms in total. The summed E-state index contributed by atoms with van der Waals surface area (Å²) in [6, 6.07) is 0. The summed E-state index contributed by atoms with van der Waals surface area (Å²) in [6.07, 6.45) is -20.5. The third-order valence-corrected chi connectivity index (χ3v) is 7.43. The fraction of sp³-hybridized carbons (Fsp3) is 0.955. The van der Waals surface area contributed by atoms with Gasteiger partial charge in [-0.1, -0.05) is 6.92 Å². The van der Waals surface area contributed by atoms with Crippen molar-refractivity contribution in [2.24, 2.45) is 5.92 Å². The smallest absolute Gasteiger partial charge is 0.364 e. The monoisotopic (exact) mass is 801 g/mol. The van der Waals surface area contributed by atoms with Crippen LogP contribution in [0.1, 0.15) is 20.3 Å². The van der Waals surface area contributed by atoms with E-state index >= 15 is 0 Å². The van der Waals surface area contributed by atoms with Crippen molar-refractivity contribution in [2.45, 2.75) is 105 Å². The molecule has 0 aromatic carbocycles. The van der Waals surface area contributed by atoms with Gasteiger partial charge in [-0.05, 0) is 6.92 Å². The van der Waals surface area contributed by atoms with E-state index in [1.807, 2.05) is 0 Å². The molecule has 0 spiro atoms. The number of aliphatic hydroxyl groups is 10. The number of hydrogen-bond donors (Lipinski definition) is 11. The summed E-state index contributed by atoms with van der Waals surface area (Å²) in [5.74, 6) is -8.83. The summed E-state index contributed by atoms with van der Waals surface area (Å²) in [4.78, 5) is 12.3. The second-order valence-corrected chi connectivity index (χ2v) is 10.2. The molecule has 3 aliphatic heterocycles. The maximum absolute atomic E-state index is 12.3. The van der Waals surface area contributed by atoms with Crippen LogP contribution in [-0.2, 0) is 28.5 Å². The minimum Gasteiger partial charge on any atom is -0.477 e. The van der Waals surface area contributed by atoms with Crippen LogP contribution in [0.2, 0.25) is 0 Å². The first kappa shape index (κ1) is 36.5. The van der Waals surface area contributed by atoms with E-state index < -0.39 is 123 Å². The normalized spacial score (nSPS) is 47.6.